The first-order chi connectivity index (χ1) is 8.21. The Morgan fingerprint density at radius 2 is 1.47 bits per heavy atom. The second kappa shape index (κ2) is 11.0. The Labute approximate surface area is 109 Å². The molecule has 0 radical (unpaired) electrons. The molecule has 0 unspecified atom stereocenters. The fraction of sp³-hybridized carbons (Fsp3) is 1.00. The van der Waals surface area contributed by atoms with Gasteiger partial charge in [0, 0.05) is 25.7 Å². The van der Waals surface area contributed by atoms with Crippen molar-refractivity contribution in [1.82, 2.24) is 10.2 Å². The molecule has 0 spiro atoms. The van der Waals surface area contributed by atoms with E-state index in [1.54, 1.807) is 0 Å². The molecular formula is C15H34N2. The molecule has 0 aromatic heterocycles. The fourth-order valence-corrected chi connectivity index (χ4v) is 2.29. The van der Waals surface area contributed by atoms with Crippen molar-refractivity contribution in [3.05, 3.63) is 0 Å². The molecule has 0 aromatic carbocycles. The summed E-state index contributed by atoms with van der Waals surface area (Å²) >= 11 is 0. The van der Waals surface area contributed by atoms with Crippen molar-refractivity contribution in [1.29, 1.82) is 0 Å². The highest BCUT2D eigenvalue weighted by atomic mass is 15.1. The average molecular weight is 242 g/mol. The third-order valence-electron chi connectivity index (χ3n) is 3.96. The Bertz CT molecular complexity index is 151. The standard InChI is InChI=1S/C15H34N2/c1-6-14(7-2)13-17(10-5)12-11-16-15(8-3)9-4/h14-16H,6-13H2,1-5H3. The highest BCUT2D eigenvalue weighted by Gasteiger charge is 2.10. The van der Waals surface area contributed by atoms with Crippen molar-refractivity contribution in [2.75, 3.05) is 26.2 Å². The van der Waals surface area contributed by atoms with Crippen LogP contribution in [0.15, 0.2) is 0 Å². The van der Waals surface area contributed by atoms with Crippen LogP contribution in [0.2, 0.25) is 0 Å². The highest BCUT2D eigenvalue weighted by molar-refractivity contribution is 4.67. The lowest BCUT2D eigenvalue weighted by Crippen LogP contribution is -2.38. The van der Waals surface area contributed by atoms with Crippen LogP contribution in [0.1, 0.15) is 60.3 Å². The van der Waals surface area contributed by atoms with Crippen LogP contribution in [0.4, 0.5) is 0 Å². The van der Waals surface area contributed by atoms with Gasteiger partial charge < -0.3 is 10.2 Å². The zero-order chi connectivity index (χ0) is 13.1. The third-order valence-corrected chi connectivity index (χ3v) is 3.96. The monoisotopic (exact) mass is 242 g/mol. The van der Waals surface area contributed by atoms with Crippen LogP contribution in [-0.4, -0.2) is 37.1 Å². The molecule has 0 amide bonds. The van der Waals surface area contributed by atoms with E-state index in [1.165, 1.54) is 45.3 Å². The number of nitrogens with one attached hydrogen (secondary N) is 1. The van der Waals surface area contributed by atoms with Gasteiger partial charge in [-0.1, -0.05) is 47.5 Å². The highest BCUT2D eigenvalue weighted by Crippen LogP contribution is 2.09. The van der Waals surface area contributed by atoms with E-state index < -0.39 is 0 Å². The van der Waals surface area contributed by atoms with Crippen LogP contribution in [0.5, 0.6) is 0 Å². The summed E-state index contributed by atoms with van der Waals surface area (Å²) in [5, 5.41) is 3.65. The Kier molecular flexibility index (Phi) is 11.0. The molecule has 0 heterocycles. The SMILES string of the molecule is CCC(CC)CN(CC)CCNC(CC)CC. The molecule has 0 fully saturated rings. The van der Waals surface area contributed by atoms with Crippen LogP contribution >= 0.6 is 0 Å². The largest absolute Gasteiger partial charge is 0.313 e. The Balaban J connectivity index is 3.81. The number of nitrogens with zero attached hydrogens (tertiary/aromatic N) is 1. The number of hydrogen-bond donors (Lipinski definition) is 1. The van der Waals surface area contributed by atoms with E-state index in [9.17, 15) is 0 Å². The maximum absolute atomic E-state index is 3.65. The van der Waals surface area contributed by atoms with Crippen molar-refractivity contribution in [3.8, 4) is 0 Å². The number of hydrogen-bond acceptors (Lipinski definition) is 2. The van der Waals surface area contributed by atoms with E-state index in [-0.39, 0.29) is 0 Å². The Hall–Kier alpha value is -0.0800. The van der Waals surface area contributed by atoms with E-state index in [2.05, 4.69) is 44.8 Å². The molecule has 104 valence electrons. The van der Waals surface area contributed by atoms with Gasteiger partial charge in [-0.3, -0.25) is 0 Å². The van der Waals surface area contributed by atoms with Crippen molar-refractivity contribution in [2.45, 2.75) is 66.3 Å². The second-order valence-electron chi connectivity index (χ2n) is 5.04. The molecule has 0 atom stereocenters. The van der Waals surface area contributed by atoms with Gasteiger partial charge in [-0.2, -0.15) is 0 Å². The Morgan fingerprint density at radius 3 is 1.88 bits per heavy atom. The molecule has 0 saturated carbocycles. The van der Waals surface area contributed by atoms with Gasteiger partial charge in [-0.15, -0.1) is 0 Å². The first-order valence-corrected chi connectivity index (χ1v) is 7.67. The van der Waals surface area contributed by atoms with Crippen LogP contribution < -0.4 is 5.32 Å². The van der Waals surface area contributed by atoms with E-state index >= 15 is 0 Å². The molecule has 2 nitrogen and oxygen atoms in total. The van der Waals surface area contributed by atoms with Crippen LogP contribution in [0.25, 0.3) is 0 Å². The summed E-state index contributed by atoms with van der Waals surface area (Å²) in [5.74, 6) is 0.878. The van der Waals surface area contributed by atoms with Gasteiger partial charge in [0.15, 0.2) is 0 Å². The van der Waals surface area contributed by atoms with E-state index in [1.807, 2.05) is 0 Å². The Morgan fingerprint density at radius 1 is 0.882 bits per heavy atom. The van der Waals surface area contributed by atoms with Gasteiger partial charge in [0.05, 0.1) is 0 Å². The first-order valence-electron chi connectivity index (χ1n) is 7.67. The molecule has 1 N–H and O–H groups in total. The molecule has 0 saturated heterocycles. The summed E-state index contributed by atoms with van der Waals surface area (Å²) in [6.45, 7) is 16.2. The first kappa shape index (κ1) is 16.9. The predicted molar refractivity (Wildman–Crippen MR) is 78.6 cm³/mol. The van der Waals surface area contributed by atoms with Crippen LogP contribution in [0.3, 0.4) is 0 Å². The molecule has 0 aliphatic heterocycles. The molecule has 0 bridgehead atoms. The maximum atomic E-state index is 3.65. The topological polar surface area (TPSA) is 15.3 Å². The summed E-state index contributed by atoms with van der Waals surface area (Å²) in [6.07, 6.45) is 5.12. The van der Waals surface area contributed by atoms with Gasteiger partial charge in [0.2, 0.25) is 0 Å². The van der Waals surface area contributed by atoms with E-state index in [0.29, 0.717) is 6.04 Å². The van der Waals surface area contributed by atoms with E-state index in [4.69, 9.17) is 0 Å². The van der Waals surface area contributed by atoms with Crippen molar-refractivity contribution < 1.29 is 0 Å². The van der Waals surface area contributed by atoms with Gasteiger partial charge in [0.25, 0.3) is 0 Å². The molecular weight excluding hydrogens is 208 g/mol. The van der Waals surface area contributed by atoms with Crippen molar-refractivity contribution in [3.63, 3.8) is 0 Å². The lowest BCUT2D eigenvalue weighted by Gasteiger charge is -2.26. The molecule has 0 aliphatic carbocycles. The van der Waals surface area contributed by atoms with Crippen molar-refractivity contribution >= 4 is 0 Å². The average Bonchev–Trinajstić information content (AvgIpc) is 2.38. The minimum Gasteiger partial charge on any atom is -0.313 e. The maximum Gasteiger partial charge on any atom is 0.0107 e. The molecule has 17 heavy (non-hydrogen) atoms. The van der Waals surface area contributed by atoms with Crippen LogP contribution in [-0.2, 0) is 0 Å². The smallest absolute Gasteiger partial charge is 0.0107 e. The second-order valence-corrected chi connectivity index (χ2v) is 5.04. The number of likely N-dealkylation sites (N-methyl/N-ethyl adjacent to an activating group) is 1. The molecule has 2 heteroatoms. The molecule has 0 aliphatic rings. The summed E-state index contributed by atoms with van der Waals surface area (Å²) < 4.78 is 0. The zero-order valence-electron chi connectivity index (χ0n) is 12.8. The third kappa shape index (κ3) is 7.77. The zero-order valence-corrected chi connectivity index (χ0v) is 12.8. The van der Waals surface area contributed by atoms with Gasteiger partial charge in [-0.05, 0) is 25.3 Å². The van der Waals surface area contributed by atoms with Gasteiger partial charge >= 0.3 is 0 Å². The van der Waals surface area contributed by atoms with Gasteiger partial charge in [-0.25, -0.2) is 0 Å². The lowest BCUT2D eigenvalue weighted by atomic mass is 10.0. The quantitative estimate of drug-likeness (QED) is 0.596. The lowest BCUT2D eigenvalue weighted by molar-refractivity contribution is 0.230. The summed E-state index contributed by atoms with van der Waals surface area (Å²) in [4.78, 5) is 2.59. The van der Waals surface area contributed by atoms with Crippen molar-refractivity contribution in [2.24, 2.45) is 5.92 Å². The number of rotatable bonds is 11. The predicted octanol–water partition coefficient (Wildman–Crippen LogP) is 3.52. The molecule has 0 aromatic rings. The van der Waals surface area contributed by atoms with Crippen LogP contribution in [0, 0.1) is 5.92 Å². The fourth-order valence-electron chi connectivity index (χ4n) is 2.29. The summed E-state index contributed by atoms with van der Waals surface area (Å²) in [6, 6.07) is 0.710. The summed E-state index contributed by atoms with van der Waals surface area (Å²) in [7, 11) is 0. The summed E-state index contributed by atoms with van der Waals surface area (Å²) in [5.41, 5.74) is 0. The van der Waals surface area contributed by atoms with Gasteiger partial charge in [0.1, 0.15) is 0 Å². The normalized spacial score (nSPS) is 12.0. The minimum atomic E-state index is 0.710. The molecule has 0 rings (SSSR count). The minimum absolute atomic E-state index is 0.710. The van der Waals surface area contributed by atoms with E-state index in [0.717, 1.165) is 12.5 Å².